The summed E-state index contributed by atoms with van der Waals surface area (Å²) in [5.41, 5.74) is -1.22. The third kappa shape index (κ3) is 4.35. The van der Waals surface area contributed by atoms with Crippen molar-refractivity contribution in [3.8, 4) is 11.8 Å². The predicted octanol–water partition coefficient (Wildman–Crippen LogP) is 3.50. The molecule has 1 atom stereocenters. The second-order valence-electron chi connectivity index (χ2n) is 7.93. The van der Waals surface area contributed by atoms with Gasteiger partial charge in [0.1, 0.15) is 23.7 Å². The van der Waals surface area contributed by atoms with Crippen molar-refractivity contribution in [2.75, 3.05) is 19.6 Å². The largest absolute Gasteiger partial charge is 0.490 e. The minimum atomic E-state index is -4.36. The SMILES string of the molecule is C[C@]1(CN2CCC(Oc3ccc(C(F)(F)F)cc3)CC2)Cn2cc([N+](=O)[O-])nc2O1. The fourth-order valence-electron chi connectivity index (χ4n) is 3.94. The van der Waals surface area contributed by atoms with Gasteiger partial charge in [-0.1, -0.05) is 0 Å². The smallest absolute Gasteiger partial charge is 0.416 e. The van der Waals surface area contributed by atoms with E-state index in [9.17, 15) is 23.3 Å². The summed E-state index contributed by atoms with van der Waals surface area (Å²) in [6.45, 7) is 4.57. The van der Waals surface area contributed by atoms with Gasteiger partial charge in [-0.05, 0) is 49.0 Å². The van der Waals surface area contributed by atoms with Crippen LogP contribution in [0.2, 0.25) is 0 Å². The second-order valence-corrected chi connectivity index (χ2v) is 7.93. The Morgan fingerprint density at radius 2 is 1.97 bits per heavy atom. The zero-order chi connectivity index (χ0) is 21.5. The van der Waals surface area contributed by atoms with Gasteiger partial charge in [0.25, 0.3) is 0 Å². The first kappa shape index (κ1) is 20.5. The van der Waals surface area contributed by atoms with Gasteiger partial charge in [0.05, 0.1) is 12.1 Å². The van der Waals surface area contributed by atoms with Crippen molar-refractivity contribution in [3.05, 3.63) is 46.1 Å². The number of imidazole rings is 1. The molecule has 0 radical (unpaired) electrons. The molecule has 11 heteroatoms. The summed E-state index contributed by atoms with van der Waals surface area (Å²) in [6.07, 6.45) is -1.55. The summed E-state index contributed by atoms with van der Waals surface area (Å²) in [5, 5.41) is 10.8. The Kier molecular flexibility index (Phi) is 5.08. The molecule has 0 saturated carbocycles. The topological polar surface area (TPSA) is 82.7 Å². The van der Waals surface area contributed by atoms with E-state index in [0.29, 0.717) is 18.8 Å². The number of rotatable bonds is 5. The number of benzene rings is 1. The van der Waals surface area contributed by atoms with Crippen LogP contribution in [0.15, 0.2) is 30.5 Å². The number of halogens is 3. The van der Waals surface area contributed by atoms with E-state index in [1.807, 2.05) is 6.92 Å². The highest BCUT2D eigenvalue weighted by Gasteiger charge is 2.42. The van der Waals surface area contributed by atoms with E-state index in [2.05, 4.69) is 9.88 Å². The summed E-state index contributed by atoms with van der Waals surface area (Å²) in [4.78, 5) is 16.4. The minimum Gasteiger partial charge on any atom is -0.490 e. The van der Waals surface area contributed by atoms with Crippen LogP contribution >= 0.6 is 0 Å². The van der Waals surface area contributed by atoms with Crippen molar-refractivity contribution < 1.29 is 27.6 Å². The highest BCUT2D eigenvalue weighted by Crippen LogP contribution is 2.33. The molecule has 0 N–H and O–H groups in total. The molecule has 1 aromatic carbocycles. The Labute approximate surface area is 170 Å². The first-order chi connectivity index (χ1) is 14.1. The number of aromatic nitrogens is 2. The molecule has 1 aromatic heterocycles. The molecular weight excluding hydrogens is 405 g/mol. The summed E-state index contributed by atoms with van der Waals surface area (Å²) in [7, 11) is 0. The highest BCUT2D eigenvalue weighted by molar-refractivity contribution is 5.29. The average molecular weight is 426 g/mol. The minimum absolute atomic E-state index is 0.0617. The van der Waals surface area contributed by atoms with Crippen LogP contribution in [0.4, 0.5) is 19.0 Å². The zero-order valence-electron chi connectivity index (χ0n) is 16.3. The Hall–Kier alpha value is -2.82. The number of likely N-dealkylation sites (tertiary alicyclic amines) is 1. The molecule has 0 bridgehead atoms. The maximum atomic E-state index is 12.6. The lowest BCUT2D eigenvalue weighted by atomic mass is 10.0. The van der Waals surface area contributed by atoms with Crippen LogP contribution in [-0.4, -0.2) is 50.7 Å². The van der Waals surface area contributed by atoms with E-state index in [1.54, 1.807) is 4.57 Å². The molecule has 2 aliphatic rings. The van der Waals surface area contributed by atoms with Crippen molar-refractivity contribution in [2.45, 2.75) is 44.2 Å². The van der Waals surface area contributed by atoms with Crippen LogP contribution in [0.5, 0.6) is 11.8 Å². The molecule has 30 heavy (non-hydrogen) atoms. The van der Waals surface area contributed by atoms with Gasteiger partial charge in [-0.25, -0.2) is 0 Å². The van der Waals surface area contributed by atoms with Crippen LogP contribution in [-0.2, 0) is 12.7 Å². The number of alkyl halides is 3. The normalized spacial score (nSPS) is 22.5. The third-order valence-electron chi connectivity index (χ3n) is 5.33. The molecule has 3 heterocycles. The van der Waals surface area contributed by atoms with Gasteiger partial charge in [-0.3, -0.25) is 9.47 Å². The molecule has 0 amide bonds. The van der Waals surface area contributed by atoms with E-state index >= 15 is 0 Å². The summed E-state index contributed by atoms with van der Waals surface area (Å²) in [6, 6.07) is 5.00. The van der Waals surface area contributed by atoms with Crippen LogP contribution in [0.1, 0.15) is 25.3 Å². The van der Waals surface area contributed by atoms with E-state index in [1.165, 1.54) is 18.3 Å². The third-order valence-corrected chi connectivity index (χ3v) is 5.33. The quantitative estimate of drug-likeness (QED) is 0.538. The van der Waals surface area contributed by atoms with Gasteiger partial charge >= 0.3 is 18.0 Å². The lowest BCUT2D eigenvalue weighted by molar-refractivity contribution is -0.389. The van der Waals surface area contributed by atoms with Crippen molar-refractivity contribution in [2.24, 2.45) is 0 Å². The van der Waals surface area contributed by atoms with Crippen LogP contribution < -0.4 is 9.47 Å². The molecule has 2 aliphatic heterocycles. The predicted molar refractivity (Wildman–Crippen MR) is 99.4 cm³/mol. The Bertz CT molecular complexity index is 897. The maximum absolute atomic E-state index is 12.6. The van der Waals surface area contributed by atoms with Gasteiger partial charge < -0.3 is 19.6 Å². The molecule has 0 aliphatic carbocycles. The lowest BCUT2D eigenvalue weighted by Crippen LogP contribution is -2.48. The van der Waals surface area contributed by atoms with E-state index < -0.39 is 22.3 Å². The molecule has 4 rings (SSSR count). The van der Waals surface area contributed by atoms with Crippen LogP contribution in [0.3, 0.4) is 0 Å². The number of nitrogens with zero attached hydrogens (tertiary/aromatic N) is 4. The monoisotopic (exact) mass is 426 g/mol. The van der Waals surface area contributed by atoms with Gasteiger partial charge in [0.2, 0.25) is 0 Å². The van der Waals surface area contributed by atoms with Crippen LogP contribution in [0.25, 0.3) is 0 Å². The highest BCUT2D eigenvalue weighted by atomic mass is 19.4. The van der Waals surface area contributed by atoms with E-state index in [4.69, 9.17) is 9.47 Å². The molecule has 1 fully saturated rings. The number of fused-ring (bicyclic) bond motifs is 1. The van der Waals surface area contributed by atoms with Crippen LogP contribution in [0, 0.1) is 10.1 Å². The van der Waals surface area contributed by atoms with Crippen molar-refractivity contribution in [1.29, 1.82) is 0 Å². The molecule has 2 aromatic rings. The summed E-state index contributed by atoms with van der Waals surface area (Å²) < 4.78 is 51.3. The molecule has 8 nitrogen and oxygen atoms in total. The Balaban J connectivity index is 1.27. The molecule has 0 unspecified atom stereocenters. The summed E-state index contributed by atoms with van der Waals surface area (Å²) in [5.74, 6) is 0.202. The number of piperidine rings is 1. The van der Waals surface area contributed by atoms with Gasteiger partial charge in [0, 0.05) is 24.6 Å². The van der Waals surface area contributed by atoms with E-state index in [-0.39, 0.29) is 17.9 Å². The van der Waals surface area contributed by atoms with E-state index in [0.717, 1.165) is 38.1 Å². The van der Waals surface area contributed by atoms with Gasteiger partial charge in [-0.2, -0.15) is 13.2 Å². The standard InChI is InChI=1S/C19H21F3N4O4/c1-18(12-25-10-16(26(27)28)23-17(25)30-18)11-24-8-6-15(7-9-24)29-14-4-2-13(3-5-14)19(20,21)22/h2-5,10,15H,6-9,11-12H2,1H3/t18-/m0/s1. The zero-order valence-corrected chi connectivity index (χ0v) is 16.3. The lowest BCUT2D eigenvalue weighted by Gasteiger charge is -2.36. The Morgan fingerprint density at radius 1 is 1.30 bits per heavy atom. The molecule has 0 spiro atoms. The molecule has 162 valence electrons. The molecule has 1 saturated heterocycles. The van der Waals surface area contributed by atoms with Crippen molar-refractivity contribution in [1.82, 2.24) is 14.5 Å². The van der Waals surface area contributed by atoms with Gasteiger partial charge in [0.15, 0.2) is 0 Å². The fourth-order valence-corrected chi connectivity index (χ4v) is 3.94. The van der Waals surface area contributed by atoms with Crippen molar-refractivity contribution in [3.63, 3.8) is 0 Å². The first-order valence-electron chi connectivity index (χ1n) is 9.58. The second kappa shape index (κ2) is 7.46. The number of hydrogen-bond acceptors (Lipinski definition) is 6. The number of ether oxygens (including phenoxy) is 2. The maximum Gasteiger partial charge on any atom is 0.416 e. The number of hydrogen-bond donors (Lipinski definition) is 0. The summed E-state index contributed by atoms with van der Waals surface area (Å²) >= 11 is 0. The van der Waals surface area contributed by atoms with Gasteiger partial charge in [-0.15, -0.1) is 0 Å². The average Bonchev–Trinajstić information content (AvgIpc) is 3.18. The Morgan fingerprint density at radius 3 is 2.53 bits per heavy atom. The number of nitro groups is 1. The fraction of sp³-hybridized carbons (Fsp3) is 0.526. The van der Waals surface area contributed by atoms with Crippen molar-refractivity contribution >= 4 is 5.82 Å². The molecular formula is C19H21F3N4O4. The first-order valence-corrected chi connectivity index (χ1v) is 9.58.